The zero-order valence-corrected chi connectivity index (χ0v) is 24.1. The summed E-state index contributed by atoms with van der Waals surface area (Å²) in [6.45, 7) is 0. The predicted molar refractivity (Wildman–Crippen MR) is 184 cm³/mol. The highest BCUT2D eigenvalue weighted by molar-refractivity contribution is 6.16. The van der Waals surface area contributed by atoms with Crippen LogP contribution in [0.5, 0.6) is 0 Å². The van der Waals surface area contributed by atoms with Crippen molar-refractivity contribution < 1.29 is 0 Å². The van der Waals surface area contributed by atoms with Gasteiger partial charge in [0, 0.05) is 27.7 Å². The van der Waals surface area contributed by atoms with Crippen molar-refractivity contribution in [1.82, 2.24) is 9.55 Å². The first-order valence-corrected chi connectivity index (χ1v) is 14.9. The molecular formula is C41H29N3. The lowest BCUT2D eigenvalue weighted by Gasteiger charge is -2.26. The minimum Gasteiger partial charge on any atom is -0.310 e. The molecule has 3 nitrogen and oxygen atoms in total. The molecular weight excluding hydrogens is 534 g/mol. The maximum Gasteiger partial charge on any atom is 0.138 e. The third-order valence-electron chi connectivity index (χ3n) is 8.20. The van der Waals surface area contributed by atoms with Gasteiger partial charge in [-0.25, -0.2) is 4.98 Å². The van der Waals surface area contributed by atoms with Crippen molar-refractivity contribution in [2.24, 2.45) is 0 Å². The van der Waals surface area contributed by atoms with Crippen LogP contribution < -0.4 is 4.90 Å². The molecule has 0 amide bonds. The minimum atomic E-state index is 0.896. The number of aromatic nitrogens is 2. The van der Waals surface area contributed by atoms with Gasteiger partial charge in [0.1, 0.15) is 5.82 Å². The summed E-state index contributed by atoms with van der Waals surface area (Å²) in [7, 11) is 0. The summed E-state index contributed by atoms with van der Waals surface area (Å²) in [5, 5.41) is 2.37. The summed E-state index contributed by atoms with van der Waals surface area (Å²) in [5.74, 6) is 0.896. The fourth-order valence-electron chi connectivity index (χ4n) is 6.19. The van der Waals surface area contributed by atoms with E-state index in [0.29, 0.717) is 0 Å². The Hall–Kier alpha value is -5.93. The van der Waals surface area contributed by atoms with E-state index in [1.807, 2.05) is 6.07 Å². The molecule has 0 bridgehead atoms. The van der Waals surface area contributed by atoms with Crippen LogP contribution in [-0.4, -0.2) is 9.55 Å². The Morgan fingerprint density at radius 3 is 1.73 bits per heavy atom. The monoisotopic (exact) mass is 563 g/mol. The number of rotatable bonds is 6. The number of benzene rings is 6. The average Bonchev–Trinajstić information content (AvgIpc) is 3.45. The number of hydrogen-bond acceptors (Lipinski definition) is 2. The molecule has 6 aromatic carbocycles. The van der Waals surface area contributed by atoms with Gasteiger partial charge in [-0.05, 0) is 65.7 Å². The summed E-state index contributed by atoms with van der Waals surface area (Å²) < 4.78 is 2.29. The lowest BCUT2D eigenvalue weighted by Crippen LogP contribution is -2.10. The molecule has 0 radical (unpaired) electrons. The zero-order valence-electron chi connectivity index (χ0n) is 24.1. The van der Waals surface area contributed by atoms with Crippen LogP contribution in [0.25, 0.3) is 50.0 Å². The van der Waals surface area contributed by atoms with Crippen LogP contribution in [0.4, 0.5) is 17.1 Å². The zero-order chi connectivity index (χ0) is 29.3. The van der Waals surface area contributed by atoms with Gasteiger partial charge in [-0.2, -0.15) is 0 Å². The van der Waals surface area contributed by atoms with Gasteiger partial charge in [-0.3, -0.25) is 4.57 Å². The van der Waals surface area contributed by atoms with Gasteiger partial charge in [-0.1, -0.05) is 121 Å². The Morgan fingerprint density at radius 1 is 0.409 bits per heavy atom. The molecule has 0 aliphatic heterocycles. The molecule has 8 aromatic rings. The van der Waals surface area contributed by atoms with Crippen molar-refractivity contribution in [1.29, 1.82) is 0 Å². The fraction of sp³-hybridized carbons (Fsp3) is 0. The van der Waals surface area contributed by atoms with Crippen LogP contribution in [0.15, 0.2) is 176 Å². The molecule has 0 saturated carbocycles. The molecule has 0 saturated heterocycles. The first kappa shape index (κ1) is 25.8. The Kier molecular flexibility index (Phi) is 6.47. The molecule has 0 atom stereocenters. The van der Waals surface area contributed by atoms with E-state index in [4.69, 9.17) is 4.98 Å². The highest BCUT2D eigenvalue weighted by atomic mass is 15.2. The Labute approximate surface area is 256 Å². The lowest BCUT2D eigenvalue weighted by atomic mass is 10.0. The van der Waals surface area contributed by atoms with E-state index in [-0.39, 0.29) is 0 Å². The van der Waals surface area contributed by atoms with Crippen molar-refractivity contribution >= 4 is 38.9 Å². The highest BCUT2D eigenvalue weighted by Crippen LogP contribution is 2.43. The normalized spacial score (nSPS) is 11.2. The molecule has 2 heterocycles. The fourth-order valence-corrected chi connectivity index (χ4v) is 6.19. The second-order valence-electron chi connectivity index (χ2n) is 10.9. The topological polar surface area (TPSA) is 21.1 Å². The second-order valence-corrected chi connectivity index (χ2v) is 10.9. The van der Waals surface area contributed by atoms with Gasteiger partial charge in [0.15, 0.2) is 0 Å². The smallest absolute Gasteiger partial charge is 0.138 e. The van der Waals surface area contributed by atoms with Gasteiger partial charge >= 0.3 is 0 Å². The van der Waals surface area contributed by atoms with Crippen molar-refractivity contribution in [3.05, 3.63) is 176 Å². The van der Waals surface area contributed by atoms with Gasteiger partial charge in [0.05, 0.1) is 22.4 Å². The van der Waals surface area contributed by atoms with E-state index in [1.165, 1.54) is 21.9 Å². The van der Waals surface area contributed by atoms with Crippen LogP contribution in [-0.2, 0) is 0 Å². The van der Waals surface area contributed by atoms with Gasteiger partial charge in [0.2, 0.25) is 0 Å². The van der Waals surface area contributed by atoms with Crippen molar-refractivity contribution in [3.8, 4) is 28.2 Å². The van der Waals surface area contributed by atoms with E-state index >= 15 is 0 Å². The molecule has 0 unspecified atom stereocenters. The molecule has 0 aliphatic rings. The largest absolute Gasteiger partial charge is 0.310 e. The number of hydrogen-bond donors (Lipinski definition) is 0. The Bertz CT molecular complexity index is 2200. The summed E-state index contributed by atoms with van der Waals surface area (Å²) in [5.41, 5.74) is 10.0. The lowest BCUT2D eigenvalue weighted by molar-refractivity contribution is 1.08. The number of nitrogens with zero attached hydrogens (tertiary/aromatic N) is 3. The van der Waals surface area contributed by atoms with E-state index in [9.17, 15) is 0 Å². The number of fused-ring (bicyclic) bond motifs is 3. The molecule has 8 rings (SSSR count). The van der Waals surface area contributed by atoms with Gasteiger partial charge in [0.25, 0.3) is 0 Å². The molecule has 0 spiro atoms. The minimum absolute atomic E-state index is 0.896. The van der Waals surface area contributed by atoms with E-state index in [1.54, 1.807) is 0 Å². The van der Waals surface area contributed by atoms with Crippen molar-refractivity contribution in [2.45, 2.75) is 0 Å². The molecule has 0 N–H and O–H groups in total. The van der Waals surface area contributed by atoms with Crippen molar-refractivity contribution in [2.75, 3.05) is 4.90 Å². The Morgan fingerprint density at radius 2 is 0.977 bits per heavy atom. The number of anilines is 3. The summed E-state index contributed by atoms with van der Waals surface area (Å²) in [6.07, 6.45) is 0. The van der Waals surface area contributed by atoms with Gasteiger partial charge < -0.3 is 4.90 Å². The van der Waals surface area contributed by atoms with E-state index in [0.717, 1.165) is 45.2 Å². The molecule has 44 heavy (non-hydrogen) atoms. The highest BCUT2D eigenvalue weighted by Gasteiger charge is 2.21. The summed E-state index contributed by atoms with van der Waals surface area (Å²) >= 11 is 0. The standard InChI is InChI=1S/C41H29N3/c1-4-14-30(15-5-1)31-26-28-34(29-27-31)43(33-18-8-3-9-19-33)38-23-13-24-39-41(38)35-20-10-11-22-37(35)44(39)40-25-12-21-36(42-40)32-16-6-2-7-17-32/h1-29H. The van der Waals surface area contributed by atoms with E-state index in [2.05, 4.69) is 179 Å². The second kappa shape index (κ2) is 11.0. The SMILES string of the molecule is c1ccc(-c2ccc(N(c3ccccc3)c3cccc4c3c3ccccc3n4-c3cccc(-c4ccccc4)n3)cc2)cc1. The first-order valence-electron chi connectivity index (χ1n) is 14.9. The molecule has 0 aliphatic carbocycles. The quantitative estimate of drug-likeness (QED) is 0.201. The third kappa shape index (κ3) is 4.52. The third-order valence-corrected chi connectivity index (χ3v) is 8.20. The van der Waals surface area contributed by atoms with Crippen molar-refractivity contribution in [3.63, 3.8) is 0 Å². The number of para-hydroxylation sites is 2. The predicted octanol–water partition coefficient (Wildman–Crippen LogP) is 11.0. The molecule has 208 valence electrons. The first-order chi connectivity index (χ1) is 21.8. The van der Waals surface area contributed by atoms with Crippen LogP contribution >= 0.6 is 0 Å². The molecule has 2 aromatic heterocycles. The van der Waals surface area contributed by atoms with Crippen LogP contribution in [0, 0.1) is 0 Å². The van der Waals surface area contributed by atoms with Crippen LogP contribution in [0.2, 0.25) is 0 Å². The molecule has 0 fully saturated rings. The van der Waals surface area contributed by atoms with Gasteiger partial charge in [-0.15, -0.1) is 0 Å². The summed E-state index contributed by atoms with van der Waals surface area (Å²) in [4.78, 5) is 7.53. The van der Waals surface area contributed by atoms with Crippen LogP contribution in [0.1, 0.15) is 0 Å². The molecule has 3 heteroatoms. The number of pyridine rings is 1. The van der Waals surface area contributed by atoms with Crippen LogP contribution in [0.3, 0.4) is 0 Å². The maximum atomic E-state index is 5.16. The maximum absolute atomic E-state index is 5.16. The van der Waals surface area contributed by atoms with E-state index < -0.39 is 0 Å². The average molecular weight is 564 g/mol. The summed E-state index contributed by atoms with van der Waals surface area (Å²) in [6, 6.07) is 61.9. The Balaban J connectivity index is 1.35.